The molecule has 0 amide bonds. The average molecular weight is 410 g/mol. The van der Waals surface area contributed by atoms with Gasteiger partial charge in [0.05, 0.1) is 0 Å². The van der Waals surface area contributed by atoms with Crippen molar-refractivity contribution in [2.24, 2.45) is 0 Å². The first-order valence-corrected chi connectivity index (χ1v) is 8.95. The maximum atomic E-state index is 12.3. The van der Waals surface area contributed by atoms with Gasteiger partial charge in [-0.15, -0.1) is 0 Å². The van der Waals surface area contributed by atoms with Crippen LogP contribution in [-0.4, -0.2) is 39.8 Å². The van der Waals surface area contributed by atoms with Crippen molar-refractivity contribution in [1.29, 1.82) is 0 Å². The molecule has 3 aromatic rings. The maximum absolute atomic E-state index is 12.3. The average Bonchev–Trinajstić information content (AvgIpc) is 2.53. The van der Waals surface area contributed by atoms with Gasteiger partial charge < -0.3 is 0 Å². The summed E-state index contributed by atoms with van der Waals surface area (Å²) in [5.41, 5.74) is 0.816. The van der Waals surface area contributed by atoms with Gasteiger partial charge in [-0.2, -0.15) is 0 Å². The summed E-state index contributed by atoms with van der Waals surface area (Å²) in [6.45, 7) is 0. The monoisotopic (exact) mass is 412 g/mol. The van der Waals surface area contributed by atoms with E-state index in [0.29, 0.717) is 16.9 Å². The second kappa shape index (κ2) is 6.04. The summed E-state index contributed by atoms with van der Waals surface area (Å²) in [7, 11) is 3.18. The molecule has 2 aromatic carbocycles. The number of rotatable bonds is 3. The van der Waals surface area contributed by atoms with Crippen LogP contribution >= 0.6 is 0 Å². The summed E-state index contributed by atoms with van der Waals surface area (Å²) < 4.78 is 12.5. The summed E-state index contributed by atoms with van der Waals surface area (Å²) in [6.07, 6.45) is 0. The van der Waals surface area contributed by atoms with Crippen LogP contribution in [-0.2, 0) is 0 Å². The molecule has 0 atom stereocenters. The van der Waals surface area contributed by atoms with E-state index >= 15 is 0 Å². The van der Waals surface area contributed by atoms with Gasteiger partial charge in [0.1, 0.15) is 0 Å². The SMILES string of the molecule is COc1ccc(-c2cc(=O)c3c(O)cccc3[te]2)cc1OC. The molecule has 1 N–H and O–H groups in total. The predicted octanol–water partition coefficient (Wildman–Crippen LogP) is 2.65. The Balaban J connectivity index is 2.21. The van der Waals surface area contributed by atoms with Gasteiger partial charge in [-0.05, 0) is 0 Å². The first-order valence-electron chi connectivity index (χ1n) is 6.62. The molecule has 112 valence electrons. The zero-order valence-electron chi connectivity index (χ0n) is 12.1. The quantitative estimate of drug-likeness (QED) is 0.676. The molecule has 22 heavy (non-hydrogen) atoms. The number of fused-ring (bicyclic) bond motifs is 1. The van der Waals surface area contributed by atoms with Crippen molar-refractivity contribution in [3.8, 4) is 26.4 Å². The Kier molecular flexibility index (Phi) is 4.10. The number of methoxy groups -OCH3 is 2. The van der Waals surface area contributed by atoms with Gasteiger partial charge >= 0.3 is 137 Å². The molecule has 0 saturated carbocycles. The molecule has 5 heteroatoms. The topological polar surface area (TPSA) is 55.8 Å². The third kappa shape index (κ3) is 2.58. The van der Waals surface area contributed by atoms with Crippen molar-refractivity contribution < 1.29 is 14.6 Å². The zero-order valence-corrected chi connectivity index (χ0v) is 14.5. The van der Waals surface area contributed by atoms with E-state index in [2.05, 4.69) is 0 Å². The molecule has 0 spiro atoms. The summed E-state index contributed by atoms with van der Waals surface area (Å²) >= 11 is -0.748. The summed E-state index contributed by atoms with van der Waals surface area (Å²) in [5, 5.41) is 10.3. The minimum atomic E-state index is -0.748. The van der Waals surface area contributed by atoms with Gasteiger partial charge in [-0.1, -0.05) is 0 Å². The Morgan fingerprint density at radius 3 is 2.50 bits per heavy atom. The van der Waals surface area contributed by atoms with E-state index in [1.807, 2.05) is 24.3 Å². The Morgan fingerprint density at radius 1 is 1.00 bits per heavy atom. The van der Waals surface area contributed by atoms with E-state index in [1.54, 1.807) is 32.4 Å². The fraction of sp³-hybridized carbons (Fsp3) is 0.118. The van der Waals surface area contributed by atoms with Crippen molar-refractivity contribution in [3.63, 3.8) is 0 Å². The summed E-state index contributed by atoms with van der Waals surface area (Å²) in [6, 6.07) is 12.5. The normalized spacial score (nSPS) is 10.6. The summed E-state index contributed by atoms with van der Waals surface area (Å²) in [5.74, 6) is 1.37. The van der Waals surface area contributed by atoms with Crippen molar-refractivity contribution in [2.75, 3.05) is 14.2 Å². The van der Waals surface area contributed by atoms with Crippen LogP contribution in [0.25, 0.3) is 17.9 Å². The molecular weight excluding hydrogens is 396 g/mol. The molecule has 0 fully saturated rings. The number of ether oxygens (including phenoxy) is 2. The van der Waals surface area contributed by atoms with E-state index in [0.717, 1.165) is 12.5 Å². The van der Waals surface area contributed by atoms with E-state index < -0.39 is 20.4 Å². The van der Waals surface area contributed by atoms with Crippen LogP contribution in [0.4, 0.5) is 0 Å². The first-order chi connectivity index (χ1) is 10.6. The molecular formula is C17H14O4Te. The Hall–Kier alpha value is -1.96. The standard InChI is InChI=1S/C17H14O4Te/c1-20-13-7-6-10(8-14(13)21-2)16-9-12(19)17-11(18)4-3-5-15(17)22-16/h3-9,18H,1-2H3. The molecule has 3 rings (SSSR count). The van der Waals surface area contributed by atoms with Gasteiger partial charge in [0.2, 0.25) is 0 Å². The molecule has 4 nitrogen and oxygen atoms in total. The number of hydrogen-bond donors (Lipinski definition) is 1. The number of hydrogen-bond acceptors (Lipinski definition) is 4. The van der Waals surface area contributed by atoms with Crippen molar-refractivity contribution in [2.45, 2.75) is 0 Å². The van der Waals surface area contributed by atoms with E-state index in [9.17, 15) is 9.90 Å². The van der Waals surface area contributed by atoms with Crippen LogP contribution in [0.5, 0.6) is 17.2 Å². The predicted molar refractivity (Wildman–Crippen MR) is 87.4 cm³/mol. The van der Waals surface area contributed by atoms with Gasteiger partial charge in [-0.25, -0.2) is 0 Å². The van der Waals surface area contributed by atoms with Gasteiger partial charge in [0.25, 0.3) is 0 Å². The molecule has 0 aliphatic rings. The third-order valence-corrected chi connectivity index (χ3v) is 6.64. The molecule has 1 aromatic heterocycles. The third-order valence-electron chi connectivity index (χ3n) is 3.40. The minimum absolute atomic E-state index is 0.0650. The molecule has 0 radical (unpaired) electrons. The van der Waals surface area contributed by atoms with Gasteiger partial charge in [-0.3, -0.25) is 0 Å². The number of phenols is 1. The fourth-order valence-corrected chi connectivity index (χ4v) is 5.47. The Labute approximate surface area is 137 Å². The van der Waals surface area contributed by atoms with Crippen LogP contribution in [0.3, 0.4) is 0 Å². The molecule has 1 heterocycles. The van der Waals surface area contributed by atoms with E-state index in [4.69, 9.17) is 9.47 Å². The number of aromatic hydroxyl groups is 1. The number of phenolic OH excluding ortho intramolecular Hbond substituents is 1. The second-order valence-electron chi connectivity index (χ2n) is 4.69. The molecule has 0 aliphatic heterocycles. The molecule has 0 unspecified atom stereocenters. The van der Waals surface area contributed by atoms with Crippen molar-refractivity contribution in [1.82, 2.24) is 0 Å². The van der Waals surface area contributed by atoms with Crippen molar-refractivity contribution >= 4 is 29.2 Å². The van der Waals surface area contributed by atoms with Crippen LogP contribution < -0.4 is 14.9 Å². The Bertz CT molecular complexity index is 899. The fourth-order valence-electron chi connectivity index (χ4n) is 2.32. The first kappa shape index (κ1) is 15.0. The van der Waals surface area contributed by atoms with E-state index in [1.165, 1.54) is 0 Å². The molecule has 0 saturated heterocycles. The second-order valence-corrected chi connectivity index (χ2v) is 7.79. The van der Waals surface area contributed by atoms with Crippen LogP contribution in [0.2, 0.25) is 0 Å². The van der Waals surface area contributed by atoms with Crippen molar-refractivity contribution in [3.05, 3.63) is 52.7 Å². The van der Waals surface area contributed by atoms with Crippen LogP contribution in [0, 0.1) is 0 Å². The van der Waals surface area contributed by atoms with Crippen LogP contribution in [0.15, 0.2) is 47.3 Å². The Morgan fingerprint density at radius 2 is 1.77 bits per heavy atom. The van der Waals surface area contributed by atoms with Gasteiger partial charge in [0, 0.05) is 0 Å². The molecule has 0 aliphatic carbocycles. The zero-order chi connectivity index (χ0) is 15.7. The molecule has 0 bridgehead atoms. The number of benzene rings is 2. The van der Waals surface area contributed by atoms with E-state index in [-0.39, 0.29) is 11.2 Å². The summed E-state index contributed by atoms with van der Waals surface area (Å²) in [4.78, 5) is 12.3. The van der Waals surface area contributed by atoms with Gasteiger partial charge in [0.15, 0.2) is 0 Å². The van der Waals surface area contributed by atoms with Crippen LogP contribution in [0.1, 0.15) is 0 Å².